The summed E-state index contributed by atoms with van der Waals surface area (Å²) in [5.41, 5.74) is 1.48. The van der Waals surface area contributed by atoms with E-state index in [2.05, 4.69) is 5.32 Å². The number of benzene rings is 1. The molecule has 2 aliphatic heterocycles. The van der Waals surface area contributed by atoms with Crippen molar-refractivity contribution in [1.82, 2.24) is 10.2 Å². The van der Waals surface area contributed by atoms with Crippen LogP contribution in [0.5, 0.6) is 0 Å². The summed E-state index contributed by atoms with van der Waals surface area (Å²) in [4.78, 5) is 14.7. The third kappa shape index (κ3) is 1.91. The number of nitrogens with one attached hydrogen (secondary N) is 1. The number of carbonyl (C=O) groups is 1. The maximum Gasteiger partial charge on any atom is 0.257 e. The molecule has 2 unspecified atom stereocenters. The minimum atomic E-state index is 0.101. The lowest BCUT2D eigenvalue weighted by Crippen LogP contribution is -2.38. The zero-order valence-corrected chi connectivity index (χ0v) is 11.3. The highest BCUT2D eigenvalue weighted by atomic mass is 16.3. The van der Waals surface area contributed by atoms with Gasteiger partial charge in [0.2, 0.25) is 0 Å². The molecule has 20 heavy (non-hydrogen) atoms. The van der Waals surface area contributed by atoms with Gasteiger partial charge in [-0.25, -0.2) is 0 Å². The Kier molecular flexibility index (Phi) is 2.77. The molecule has 0 spiro atoms. The molecule has 4 rings (SSSR count). The lowest BCUT2D eigenvalue weighted by Gasteiger charge is -2.23. The van der Waals surface area contributed by atoms with Crippen molar-refractivity contribution in [1.29, 1.82) is 0 Å². The highest BCUT2D eigenvalue weighted by molar-refractivity contribution is 6.05. The van der Waals surface area contributed by atoms with Crippen molar-refractivity contribution < 1.29 is 9.21 Å². The average Bonchev–Trinajstić information content (AvgIpc) is 3.01. The second kappa shape index (κ2) is 4.63. The Morgan fingerprint density at radius 2 is 2.05 bits per heavy atom. The Morgan fingerprint density at radius 1 is 1.20 bits per heavy atom. The molecule has 2 bridgehead atoms. The van der Waals surface area contributed by atoms with Crippen molar-refractivity contribution in [2.45, 2.75) is 31.3 Å². The summed E-state index contributed by atoms with van der Waals surface area (Å²) in [6, 6.07) is 8.78. The van der Waals surface area contributed by atoms with Crippen LogP contribution in [0.2, 0.25) is 0 Å². The standard InChI is InChI=1S/C16H18N2O2/c19-16(14-10-20-15-4-2-1-3-13(14)15)18-8-7-11-5-6-12(9-18)17-11/h1-4,10-12,17H,5-9H2. The largest absolute Gasteiger partial charge is 0.463 e. The van der Waals surface area contributed by atoms with E-state index in [-0.39, 0.29) is 5.91 Å². The quantitative estimate of drug-likeness (QED) is 0.865. The highest BCUT2D eigenvalue weighted by Gasteiger charge is 2.32. The third-order valence-electron chi connectivity index (χ3n) is 4.52. The SMILES string of the molecule is O=C(c1coc2ccccc12)N1CCC2CCC(C1)N2. The number of furan rings is 1. The molecule has 2 aromatic rings. The number of hydrogen-bond acceptors (Lipinski definition) is 3. The fraction of sp³-hybridized carbons (Fsp3) is 0.438. The van der Waals surface area contributed by atoms with Gasteiger partial charge in [0.05, 0.1) is 5.56 Å². The molecule has 4 heteroatoms. The van der Waals surface area contributed by atoms with Gasteiger partial charge in [-0.1, -0.05) is 18.2 Å². The fourth-order valence-electron chi connectivity index (χ4n) is 3.44. The van der Waals surface area contributed by atoms with Crippen LogP contribution < -0.4 is 5.32 Å². The molecule has 2 aliphatic rings. The van der Waals surface area contributed by atoms with E-state index < -0.39 is 0 Å². The molecule has 0 radical (unpaired) electrons. The van der Waals surface area contributed by atoms with E-state index in [1.807, 2.05) is 29.2 Å². The molecule has 1 amide bonds. The summed E-state index contributed by atoms with van der Waals surface area (Å²) in [7, 11) is 0. The minimum absolute atomic E-state index is 0.101. The molecule has 0 saturated carbocycles. The average molecular weight is 270 g/mol. The summed E-state index contributed by atoms with van der Waals surface area (Å²) in [5.74, 6) is 0.101. The number of likely N-dealkylation sites (tertiary alicyclic amines) is 1. The summed E-state index contributed by atoms with van der Waals surface area (Å²) < 4.78 is 5.49. The van der Waals surface area contributed by atoms with E-state index in [9.17, 15) is 4.79 Å². The van der Waals surface area contributed by atoms with Gasteiger partial charge in [-0.05, 0) is 25.3 Å². The first-order valence-electron chi connectivity index (χ1n) is 7.33. The van der Waals surface area contributed by atoms with Crippen LogP contribution >= 0.6 is 0 Å². The van der Waals surface area contributed by atoms with Crippen LogP contribution in [0.3, 0.4) is 0 Å². The van der Waals surface area contributed by atoms with Crippen molar-refractivity contribution in [3.05, 3.63) is 36.1 Å². The van der Waals surface area contributed by atoms with E-state index in [0.717, 1.165) is 30.5 Å². The second-order valence-electron chi connectivity index (χ2n) is 5.82. The smallest absolute Gasteiger partial charge is 0.257 e. The first kappa shape index (κ1) is 12.0. The Balaban J connectivity index is 1.63. The monoisotopic (exact) mass is 270 g/mol. The number of hydrogen-bond donors (Lipinski definition) is 1. The third-order valence-corrected chi connectivity index (χ3v) is 4.52. The fourth-order valence-corrected chi connectivity index (χ4v) is 3.44. The number of amides is 1. The van der Waals surface area contributed by atoms with Gasteiger partial charge in [0, 0.05) is 30.6 Å². The van der Waals surface area contributed by atoms with Gasteiger partial charge in [0.25, 0.3) is 5.91 Å². The van der Waals surface area contributed by atoms with Gasteiger partial charge in [-0.2, -0.15) is 0 Å². The number of rotatable bonds is 1. The molecule has 1 N–H and O–H groups in total. The lowest BCUT2D eigenvalue weighted by molar-refractivity contribution is 0.0749. The topological polar surface area (TPSA) is 45.5 Å². The molecule has 1 aromatic heterocycles. The van der Waals surface area contributed by atoms with Gasteiger partial charge in [-0.3, -0.25) is 4.79 Å². The molecule has 2 atom stereocenters. The maximum absolute atomic E-state index is 12.7. The molecule has 3 heterocycles. The highest BCUT2D eigenvalue weighted by Crippen LogP contribution is 2.25. The lowest BCUT2D eigenvalue weighted by atomic mass is 10.1. The van der Waals surface area contributed by atoms with Crippen LogP contribution in [-0.4, -0.2) is 36.0 Å². The molecule has 0 aliphatic carbocycles. The number of para-hydroxylation sites is 1. The van der Waals surface area contributed by atoms with Crippen LogP contribution in [0.15, 0.2) is 34.9 Å². The van der Waals surface area contributed by atoms with Crippen molar-refractivity contribution in [3.63, 3.8) is 0 Å². The van der Waals surface area contributed by atoms with Gasteiger partial charge in [-0.15, -0.1) is 0 Å². The summed E-state index contributed by atoms with van der Waals surface area (Å²) >= 11 is 0. The summed E-state index contributed by atoms with van der Waals surface area (Å²) in [5, 5.41) is 4.52. The Morgan fingerprint density at radius 3 is 3.00 bits per heavy atom. The predicted molar refractivity (Wildman–Crippen MR) is 76.7 cm³/mol. The van der Waals surface area contributed by atoms with Crippen molar-refractivity contribution >= 4 is 16.9 Å². The molecule has 2 saturated heterocycles. The van der Waals surface area contributed by atoms with Crippen LogP contribution in [0.4, 0.5) is 0 Å². The summed E-state index contributed by atoms with van der Waals surface area (Å²) in [6.45, 7) is 1.65. The first-order valence-corrected chi connectivity index (χ1v) is 7.33. The maximum atomic E-state index is 12.7. The summed E-state index contributed by atoms with van der Waals surface area (Å²) in [6.07, 6.45) is 5.09. The van der Waals surface area contributed by atoms with Crippen LogP contribution in [-0.2, 0) is 0 Å². The molecular weight excluding hydrogens is 252 g/mol. The van der Waals surface area contributed by atoms with Crippen molar-refractivity contribution in [2.24, 2.45) is 0 Å². The van der Waals surface area contributed by atoms with Gasteiger partial charge in [0.1, 0.15) is 11.8 Å². The number of carbonyl (C=O) groups excluding carboxylic acids is 1. The Hall–Kier alpha value is -1.81. The molecule has 104 valence electrons. The zero-order chi connectivity index (χ0) is 13.5. The number of fused-ring (bicyclic) bond motifs is 3. The Labute approximate surface area is 117 Å². The van der Waals surface area contributed by atoms with Crippen molar-refractivity contribution in [2.75, 3.05) is 13.1 Å². The molecule has 1 aromatic carbocycles. The first-order chi connectivity index (χ1) is 9.81. The van der Waals surface area contributed by atoms with E-state index >= 15 is 0 Å². The van der Waals surface area contributed by atoms with Crippen LogP contribution in [0.1, 0.15) is 29.6 Å². The van der Waals surface area contributed by atoms with E-state index in [0.29, 0.717) is 17.6 Å². The second-order valence-corrected chi connectivity index (χ2v) is 5.82. The molecule has 2 fully saturated rings. The van der Waals surface area contributed by atoms with E-state index in [1.54, 1.807) is 6.26 Å². The molecule has 4 nitrogen and oxygen atoms in total. The Bertz CT molecular complexity index is 649. The predicted octanol–water partition coefficient (Wildman–Crippen LogP) is 2.40. The van der Waals surface area contributed by atoms with Gasteiger partial charge < -0.3 is 14.6 Å². The minimum Gasteiger partial charge on any atom is -0.463 e. The van der Waals surface area contributed by atoms with E-state index in [4.69, 9.17) is 4.42 Å². The van der Waals surface area contributed by atoms with E-state index in [1.165, 1.54) is 12.8 Å². The number of nitrogens with zero attached hydrogens (tertiary/aromatic N) is 1. The normalized spacial score (nSPS) is 25.9. The molecular formula is C16H18N2O2. The van der Waals surface area contributed by atoms with Gasteiger partial charge in [0.15, 0.2) is 0 Å². The van der Waals surface area contributed by atoms with Crippen molar-refractivity contribution in [3.8, 4) is 0 Å². The zero-order valence-electron chi connectivity index (χ0n) is 11.3. The van der Waals surface area contributed by atoms with Gasteiger partial charge >= 0.3 is 0 Å². The van der Waals surface area contributed by atoms with Crippen LogP contribution in [0.25, 0.3) is 11.0 Å². The van der Waals surface area contributed by atoms with Crippen LogP contribution in [0, 0.1) is 0 Å².